The average Bonchev–Trinajstić information content (AvgIpc) is 2.81. The van der Waals surface area contributed by atoms with E-state index < -0.39 is 0 Å². The summed E-state index contributed by atoms with van der Waals surface area (Å²) in [4.78, 5) is 12.1. The van der Waals surface area contributed by atoms with Crippen LogP contribution in [0.4, 0.5) is 5.69 Å². The minimum Gasteiger partial charge on any atom is -0.494 e. The van der Waals surface area contributed by atoms with Crippen LogP contribution in [0.15, 0.2) is 28.8 Å². The highest BCUT2D eigenvalue weighted by molar-refractivity contribution is 5.95. The van der Waals surface area contributed by atoms with Gasteiger partial charge >= 0.3 is 0 Å². The van der Waals surface area contributed by atoms with Crippen LogP contribution in [-0.4, -0.2) is 17.7 Å². The molecule has 1 aromatic carbocycles. The number of carbonyl (C=O) groups is 1. The van der Waals surface area contributed by atoms with Gasteiger partial charge < -0.3 is 20.3 Å². The first-order valence-corrected chi connectivity index (χ1v) is 6.32. The molecular weight excluding hydrogens is 258 g/mol. The van der Waals surface area contributed by atoms with E-state index in [4.69, 9.17) is 15.0 Å². The van der Waals surface area contributed by atoms with Gasteiger partial charge in [0.15, 0.2) is 0 Å². The van der Waals surface area contributed by atoms with E-state index in [1.165, 1.54) is 0 Å². The van der Waals surface area contributed by atoms with Crippen molar-refractivity contribution in [2.75, 3.05) is 12.3 Å². The summed E-state index contributed by atoms with van der Waals surface area (Å²) in [6.45, 7) is 4.48. The first-order valence-electron chi connectivity index (χ1n) is 6.32. The zero-order chi connectivity index (χ0) is 14.5. The van der Waals surface area contributed by atoms with Gasteiger partial charge in [-0.2, -0.15) is 0 Å². The summed E-state index contributed by atoms with van der Waals surface area (Å²) in [7, 11) is 0. The largest absolute Gasteiger partial charge is 0.494 e. The summed E-state index contributed by atoms with van der Waals surface area (Å²) in [6, 6.07) is 6.71. The predicted molar refractivity (Wildman–Crippen MR) is 74.4 cm³/mol. The maximum Gasteiger partial charge on any atom is 0.251 e. The molecule has 0 atom stereocenters. The van der Waals surface area contributed by atoms with Crippen molar-refractivity contribution >= 4 is 11.6 Å². The van der Waals surface area contributed by atoms with E-state index in [1.54, 1.807) is 31.2 Å². The number of nitrogens with two attached hydrogens (primary N) is 1. The third-order valence-electron chi connectivity index (χ3n) is 2.61. The van der Waals surface area contributed by atoms with Crippen molar-refractivity contribution < 1.29 is 14.1 Å². The minimum atomic E-state index is -0.237. The standard InChI is InChI=1S/C14H17N3O3/c1-3-19-13-6-10(5-11(15)7-13)14(18)16-8-12-4-9(2)20-17-12/h4-7H,3,8,15H2,1-2H3,(H,16,18). The molecule has 2 rings (SSSR count). The summed E-state index contributed by atoms with van der Waals surface area (Å²) in [5.74, 6) is 1.05. The monoisotopic (exact) mass is 275 g/mol. The number of anilines is 1. The number of aryl methyl sites for hydroxylation is 1. The Morgan fingerprint density at radius 2 is 2.20 bits per heavy atom. The Morgan fingerprint density at radius 3 is 2.85 bits per heavy atom. The third-order valence-corrected chi connectivity index (χ3v) is 2.61. The van der Waals surface area contributed by atoms with Crippen molar-refractivity contribution in [3.63, 3.8) is 0 Å². The Kier molecular flexibility index (Phi) is 4.24. The van der Waals surface area contributed by atoms with Gasteiger partial charge in [0.1, 0.15) is 17.2 Å². The Balaban J connectivity index is 2.04. The maximum atomic E-state index is 12.1. The van der Waals surface area contributed by atoms with Crippen molar-refractivity contribution in [1.82, 2.24) is 10.5 Å². The zero-order valence-electron chi connectivity index (χ0n) is 11.5. The average molecular weight is 275 g/mol. The summed E-state index contributed by atoms with van der Waals surface area (Å²) >= 11 is 0. The molecule has 6 heteroatoms. The molecule has 0 saturated carbocycles. The molecule has 0 spiro atoms. The molecule has 6 nitrogen and oxygen atoms in total. The van der Waals surface area contributed by atoms with Gasteiger partial charge in [0, 0.05) is 23.4 Å². The molecule has 3 N–H and O–H groups in total. The molecule has 0 radical (unpaired) electrons. The van der Waals surface area contributed by atoms with Crippen LogP contribution >= 0.6 is 0 Å². The van der Waals surface area contributed by atoms with Crippen molar-refractivity contribution in [3.8, 4) is 5.75 Å². The van der Waals surface area contributed by atoms with Crippen molar-refractivity contribution in [1.29, 1.82) is 0 Å². The maximum absolute atomic E-state index is 12.1. The quantitative estimate of drug-likeness (QED) is 0.813. The van der Waals surface area contributed by atoms with Crippen LogP contribution in [0.5, 0.6) is 5.75 Å². The van der Waals surface area contributed by atoms with Crippen LogP contribution in [0.2, 0.25) is 0 Å². The molecule has 0 aliphatic rings. The smallest absolute Gasteiger partial charge is 0.251 e. The van der Waals surface area contributed by atoms with E-state index in [0.29, 0.717) is 41.6 Å². The highest BCUT2D eigenvalue weighted by Crippen LogP contribution is 2.19. The van der Waals surface area contributed by atoms with Crippen LogP contribution in [0.25, 0.3) is 0 Å². The Labute approximate surface area is 116 Å². The molecule has 1 amide bonds. The number of benzene rings is 1. The van der Waals surface area contributed by atoms with Gasteiger partial charge in [0.05, 0.1) is 13.2 Å². The number of amides is 1. The molecule has 1 aromatic heterocycles. The summed E-state index contributed by atoms with van der Waals surface area (Å²) in [5.41, 5.74) is 7.36. The van der Waals surface area contributed by atoms with Crippen molar-refractivity contribution in [2.45, 2.75) is 20.4 Å². The van der Waals surface area contributed by atoms with Crippen LogP contribution in [-0.2, 0) is 6.54 Å². The second-order valence-electron chi connectivity index (χ2n) is 4.34. The fourth-order valence-corrected chi connectivity index (χ4v) is 1.78. The molecule has 0 fully saturated rings. The molecule has 2 aromatic rings. The predicted octanol–water partition coefficient (Wildman–Crippen LogP) is 1.89. The van der Waals surface area contributed by atoms with Crippen LogP contribution in [0.1, 0.15) is 28.7 Å². The molecule has 1 heterocycles. The second-order valence-corrected chi connectivity index (χ2v) is 4.34. The van der Waals surface area contributed by atoms with E-state index in [2.05, 4.69) is 10.5 Å². The number of hydrogen-bond donors (Lipinski definition) is 2. The van der Waals surface area contributed by atoms with E-state index >= 15 is 0 Å². The number of ether oxygens (including phenoxy) is 1. The lowest BCUT2D eigenvalue weighted by molar-refractivity contribution is 0.0949. The molecule has 0 bridgehead atoms. The first-order chi connectivity index (χ1) is 9.58. The fraction of sp³-hybridized carbons (Fsp3) is 0.286. The Morgan fingerprint density at radius 1 is 1.40 bits per heavy atom. The van der Waals surface area contributed by atoms with Gasteiger partial charge in [-0.3, -0.25) is 4.79 Å². The highest BCUT2D eigenvalue weighted by Gasteiger charge is 2.09. The van der Waals surface area contributed by atoms with Crippen molar-refractivity contribution in [2.24, 2.45) is 0 Å². The highest BCUT2D eigenvalue weighted by atomic mass is 16.5. The van der Waals surface area contributed by atoms with Gasteiger partial charge in [0.2, 0.25) is 0 Å². The number of aromatic nitrogens is 1. The van der Waals surface area contributed by atoms with Crippen LogP contribution in [0, 0.1) is 6.92 Å². The molecule has 0 saturated heterocycles. The third kappa shape index (κ3) is 3.50. The summed E-state index contributed by atoms with van der Waals surface area (Å²) in [6.07, 6.45) is 0. The Bertz CT molecular complexity index is 607. The van der Waals surface area contributed by atoms with Gasteiger partial charge in [0.25, 0.3) is 5.91 Å². The van der Waals surface area contributed by atoms with Crippen LogP contribution < -0.4 is 15.8 Å². The fourth-order valence-electron chi connectivity index (χ4n) is 1.78. The minimum absolute atomic E-state index is 0.237. The SMILES string of the molecule is CCOc1cc(N)cc(C(=O)NCc2cc(C)on2)c1. The first kappa shape index (κ1) is 13.9. The molecule has 0 unspecified atom stereocenters. The van der Waals surface area contributed by atoms with Gasteiger partial charge in [-0.25, -0.2) is 0 Å². The lowest BCUT2D eigenvalue weighted by Crippen LogP contribution is -2.23. The molecule has 20 heavy (non-hydrogen) atoms. The Hall–Kier alpha value is -2.50. The van der Waals surface area contributed by atoms with E-state index in [9.17, 15) is 4.79 Å². The van der Waals surface area contributed by atoms with Gasteiger partial charge in [-0.05, 0) is 26.0 Å². The number of nitrogens with zero attached hydrogens (tertiary/aromatic N) is 1. The zero-order valence-corrected chi connectivity index (χ0v) is 11.5. The van der Waals surface area contributed by atoms with E-state index in [0.717, 1.165) is 0 Å². The molecular formula is C14H17N3O3. The summed E-state index contributed by atoms with van der Waals surface area (Å²) in [5, 5.41) is 6.56. The molecule has 106 valence electrons. The number of nitrogen functional groups attached to an aromatic ring is 1. The normalized spacial score (nSPS) is 10.3. The van der Waals surface area contributed by atoms with E-state index in [1.807, 2.05) is 6.92 Å². The second kappa shape index (κ2) is 6.10. The van der Waals surface area contributed by atoms with Gasteiger partial charge in [-0.1, -0.05) is 5.16 Å². The molecule has 0 aliphatic heterocycles. The molecule has 0 aliphatic carbocycles. The number of nitrogens with one attached hydrogen (secondary N) is 1. The number of rotatable bonds is 5. The van der Waals surface area contributed by atoms with Gasteiger partial charge in [-0.15, -0.1) is 0 Å². The summed E-state index contributed by atoms with van der Waals surface area (Å²) < 4.78 is 10.3. The lowest BCUT2D eigenvalue weighted by Gasteiger charge is -2.08. The number of hydrogen-bond acceptors (Lipinski definition) is 5. The van der Waals surface area contributed by atoms with Crippen molar-refractivity contribution in [3.05, 3.63) is 41.3 Å². The number of carbonyl (C=O) groups excluding carboxylic acids is 1. The lowest BCUT2D eigenvalue weighted by atomic mass is 10.1. The topological polar surface area (TPSA) is 90.4 Å². The van der Waals surface area contributed by atoms with E-state index in [-0.39, 0.29) is 5.91 Å². The van der Waals surface area contributed by atoms with Crippen LogP contribution in [0.3, 0.4) is 0 Å².